The quantitative estimate of drug-likeness (QED) is 0.0705. The lowest BCUT2D eigenvalue weighted by Gasteiger charge is -2.22. The number of carbonyl (C=O) groups is 3. The van der Waals surface area contributed by atoms with Crippen molar-refractivity contribution in [3.63, 3.8) is 0 Å². The zero-order chi connectivity index (χ0) is 45.3. The van der Waals surface area contributed by atoms with Crippen LogP contribution in [0, 0.1) is 5.92 Å². The Hall–Kier alpha value is -6.60. The summed E-state index contributed by atoms with van der Waals surface area (Å²) in [4.78, 5) is 53.5. The van der Waals surface area contributed by atoms with E-state index in [0.29, 0.717) is 84.0 Å². The highest BCUT2D eigenvalue weighted by Gasteiger charge is 2.42. The third-order valence-corrected chi connectivity index (χ3v) is 13.5. The van der Waals surface area contributed by atoms with Crippen molar-refractivity contribution in [3.8, 4) is 23.0 Å². The molecular weight excluding hydrogens is 851 g/mol. The van der Waals surface area contributed by atoms with Gasteiger partial charge >= 0.3 is 0 Å². The van der Waals surface area contributed by atoms with Crippen molar-refractivity contribution in [2.24, 2.45) is 15.9 Å². The molecule has 3 amide bonds. The lowest BCUT2D eigenvalue weighted by Crippen LogP contribution is -2.37. The van der Waals surface area contributed by atoms with Gasteiger partial charge in [0.25, 0.3) is 11.8 Å². The Labute approximate surface area is 390 Å². The van der Waals surface area contributed by atoms with Crippen LogP contribution in [-0.2, 0) is 30.5 Å². The van der Waals surface area contributed by atoms with Gasteiger partial charge in [0, 0.05) is 67.9 Å². The smallest absolute Gasteiger partial charge is 0.261 e. The number of nitrogens with one attached hydrogen (secondary N) is 1. The molecule has 0 bridgehead atoms. The number of thiol groups is 1. The van der Waals surface area contributed by atoms with E-state index in [1.165, 1.54) is 0 Å². The second-order valence-corrected chi connectivity index (χ2v) is 18.1. The number of aliphatic imine (C=N–C) groups is 2. The number of benzene rings is 5. The highest BCUT2D eigenvalue weighted by atomic mass is 32.1. The van der Waals surface area contributed by atoms with Crippen LogP contribution in [-0.4, -0.2) is 82.0 Å². The van der Waals surface area contributed by atoms with Crippen molar-refractivity contribution < 1.29 is 33.3 Å². The van der Waals surface area contributed by atoms with Crippen molar-refractivity contribution in [1.29, 1.82) is 0 Å². The van der Waals surface area contributed by atoms with Gasteiger partial charge < -0.3 is 24.3 Å². The van der Waals surface area contributed by atoms with E-state index in [2.05, 4.69) is 54.3 Å². The molecule has 5 aliphatic rings. The fourth-order valence-electron chi connectivity index (χ4n) is 9.98. The number of rotatable bonds is 17. The number of ether oxygens (including phenoxy) is 4. The lowest BCUT2D eigenvalue weighted by atomic mass is 9.98. The van der Waals surface area contributed by atoms with E-state index in [1.807, 2.05) is 64.7 Å². The molecule has 5 aromatic carbocycles. The van der Waals surface area contributed by atoms with E-state index in [-0.39, 0.29) is 35.7 Å². The zero-order valence-corrected chi connectivity index (χ0v) is 38.1. The second kappa shape index (κ2) is 18.7. The van der Waals surface area contributed by atoms with Crippen LogP contribution in [0.3, 0.4) is 0 Å². The van der Waals surface area contributed by atoms with Gasteiger partial charge in [0.05, 0.1) is 62.0 Å². The van der Waals surface area contributed by atoms with Crippen LogP contribution in [0.2, 0.25) is 0 Å². The molecule has 5 aromatic rings. The molecule has 4 atom stereocenters. The predicted molar refractivity (Wildman–Crippen MR) is 260 cm³/mol. The van der Waals surface area contributed by atoms with Crippen molar-refractivity contribution in [3.05, 3.63) is 130 Å². The number of hydrogen-bond donors (Lipinski definition) is 2. The largest absolute Gasteiger partial charge is 0.496 e. The monoisotopic (exact) mass is 903 g/mol. The van der Waals surface area contributed by atoms with Crippen molar-refractivity contribution in [2.45, 2.75) is 69.4 Å². The molecule has 0 spiro atoms. The van der Waals surface area contributed by atoms with E-state index in [0.717, 1.165) is 83.5 Å². The van der Waals surface area contributed by atoms with Crippen molar-refractivity contribution in [2.75, 3.05) is 49.5 Å². The number of methoxy groups -OCH3 is 2. The third kappa shape index (κ3) is 8.64. The first kappa shape index (κ1) is 43.3. The van der Waals surface area contributed by atoms with E-state index in [9.17, 15) is 14.4 Å². The number of anilines is 2. The maximum atomic E-state index is 14.1. The summed E-state index contributed by atoms with van der Waals surface area (Å²) < 4.78 is 24.5. The zero-order valence-electron chi connectivity index (χ0n) is 37.2. The standard InChI is InChI=1S/C53H53N5O7S/c1-62-48-27-42-44(55-30-37-23-34-9-3-5-11-46(34)57(37)52(42)60)26-41(48)40-25-36(40)20-33-19-32(21-39(22-33)64-16-8-7-13-51(59)54-15-18-66)14-17-65-50-29-45-43(28-49(50)63-2)53(61)58-38(31-56-45)24-35-10-4-6-12-47(35)58/h3-6,9-12,19,21-22,26-31,36-38,40,66H,7-8,13-18,20,23-25H2,1-2H3,(H,54,59). The summed E-state index contributed by atoms with van der Waals surface area (Å²) in [5.41, 5.74) is 9.66. The van der Waals surface area contributed by atoms with Gasteiger partial charge in [-0.2, -0.15) is 12.6 Å². The second-order valence-electron chi connectivity index (χ2n) is 17.6. The molecule has 1 N–H and O–H groups in total. The molecule has 1 fully saturated rings. The summed E-state index contributed by atoms with van der Waals surface area (Å²) in [5, 5.41) is 2.87. The molecule has 12 nitrogen and oxygen atoms in total. The molecular formula is C53H53N5O7S. The van der Waals surface area contributed by atoms with Gasteiger partial charge in [-0.25, -0.2) is 0 Å². The molecule has 0 radical (unpaired) electrons. The van der Waals surface area contributed by atoms with E-state index in [1.54, 1.807) is 26.4 Å². The topological polar surface area (TPSA) is 131 Å². The molecule has 13 heteroatoms. The Morgan fingerprint density at radius 2 is 1.36 bits per heavy atom. The molecule has 4 heterocycles. The van der Waals surface area contributed by atoms with Crippen LogP contribution in [0.5, 0.6) is 23.0 Å². The summed E-state index contributed by atoms with van der Waals surface area (Å²) in [6.45, 7) is 1.39. The maximum Gasteiger partial charge on any atom is 0.261 e. The van der Waals surface area contributed by atoms with Gasteiger partial charge in [-0.1, -0.05) is 42.5 Å². The Morgan fingerprint density at radius 1 is 0.727 bits per heavy atom. The summed E-state index contributed by atoms with van der Waals surface area (Å²) >= 11 is 4.18. The van der Waals surface area contributed by atoms with Crippen LogP contribution in [0.15, 0.2) is 101 Å². The van der Waals surface area contributed by atoms with Gasteiger partial charge in [0.15, 0.2) is 11.5 Å². The maximum absolute atomic E-state index is 14.1. The summed E-state index contributed by atoms with van der Waals surface area (Å²) in [6, 6.07) is 29.7. The minimum atomic E-state index is -0.156. The first-order chi connectivity index (χ1) is 32.3. The van der Waals surface area contributed by atoms with Crippen LogP contribution in [0.1, 0.15) is 80.1 Å². The molecule has 10 rings (SSSR count). The SMILES string of the molecule is COc1cc2c(cc1OCCc1cc(CC3CC3c3cc4c(cc3OC)C(=O)N3c5ccccc5CC3C=N4)cc(OCCCCC(=O)NCCS)c1)N=CC1Cc3ccccc3N1C2=O. The Bertz CT molecular complexity index is 2770. The van der Waals surface area contributed by atoms with Gasteiger partial charge in [-0.3, -0.25) is 34.2 Å². The number of fused-ring (bicyclic) bond motifs is 8. The highest BCUT2D eigenvalue weighted by molar-refractivity contribution is 7.80. The van der Waals surface area contributed by atoms with Crippen LogP contribution < -0.4 is 34.1 Å². The Balaban J connectivity index is 0.845. The molecule has 4 unspecified atom stereocenters. The lowest BCUT2D eigenvalue weighted by molar-refractivity contribution is -0.121. The average Bonchev–Trinajstić information content (AvgIpc) is 3.91. The van der Waals surface area contributed by atoms with Crippen molar-refractivity contribution >= 4 is 65.5 Å². The fraction of sp³-hybridized carbons (Fsp3) is 0.340. The van der Waals surface area contributed by atoms with Gasteiger partial charge in [-0.15, -0.1) is 0 Å². The number of para-hydroxylation sites is 2. The fourth-order valence-corrected chi connectivity index (χ4v) is 10.1. The minimum Gasteiger partial charge on any atom is -0.496 e. The van der Waals surface area contributed by atoms with Gasteiger partial charge in [-0.05, 0) is 108 Å². The van der Waals surface area contributed by atoms with Gasteiger partial charge in [0.2, 0.25) is 5.91 Å². The van der Waals surface area contributed by atoms with Crippen molar-refractivity contribution in [1.82, 2.24) is 5.32 Å². The van der Waals surface area contributed by atoms with E-state index < -0.39 is 0 Å². The average molecular weight is 904 g/mol. The summed E-state index contributed by atoms with van der Waals surface area (Å²) in [5.74, 6) is 3.52. The normalized spacial score (nSPS) is 19.4. The number of unbranched alkanes of at least 4 members (excludes halogenated alkanes) is 1. The van der Waals surface area contributed by atoms with E-state index in [4.69, 9.17) is 28.9 Å². The number of amides is 3. The molecule has 66 heavy (non-hydrogen) atoms. The Morgan fingerprint density at radius 3 is 2.03 bits per heavy atom. The first-order valence-corrected chi connectivity index (χ1v) is 23.5. The molecule has 0 saturated heterocycles. The molecule has 1 aliphatic carbocycles. The first-order valence-electron chi connectivity index (χ1n) is 22.9. The van der Waals surface area contributed by atoms with Crippen LogP contribution in [0.25, 0.3) is 0 Å². The van der Waals surface area contributed by atoms with Gasteiger partial charge in [0.1, 0.15) is 11.5 Å². The summed E-state index contributed by atoms with van der Waals surface area (Å²) in [6.07, 6.45) is 9.52. The molecule has 1 saturated carbocycles. The number of carbonyl (C=O) groups excluding carboxylic acids is 3. The molecule has 4 aliphatic heterocycles. The van der Waals surface area contributed by atoms with Crippen LogP contribution in [0.4, 0.5) is 22.7 Å². The van der Waals surface area contributed by atoms with Crippen LogP contribution >= 0.6 is 12.6 Å². The Kier molecular flexibility index (Phi) is 12.3. The molecule has 0 aromatic heterocycles. The number of hydrogen-bond acceptors (Lipinski definition) is 10. The number of nitrogens with zero attached hydrogens (tertiary/aromatic N) is 4. The van der Waals surface area contributed by atoms with E-state index >= 15 is 0 Å². The highest BCUT2D eigenvalue weighted by Crippen LogP contribution is 2.54. The minimum absolute atomic E-state index is 0.0265. The predicted octanol–water partition coefficient (Wildman–Crippen LogP) is 8.84. The summed E-state index contributed by atoms with van der Waals surface area (Å²) in [7, 11) is 3.25. The molecule has 338 valence electrons. The third-order valence-electron chi connectivity index (χ3n) is 13.3.